The number of nitrogens with zero attached hydrogens (tertiary/aromatic N) is 1. The summed E-state index contributed by atoms with van der Waals surface area (Å²) in [6.07, 6.45) is 5.14. The first kappa shape index (κ1) is 26.3. The predicted octanol–water partition coefficient (Wildman–Crippen LogP) is 7.36. The Balaban J connectivity index is 2.12. The molecule has 1 aliphatic heterocycles. The Morgan fingerprint density at radius 2 is 1.88 bits per heavy atom. The molecule has 2 aromatic carbocycles. The van der Waals surface area contributed by atoms with Gasteiger partial charge in [-0.1, -0.05) is 73.8 Å². The van der Waals surface area contributed by atoms with E-state index in [1.807, 2.05) is 62.4 Å². The van der Waals surface area contributed by atoms with E-state index in [0.717, 1.165) is 24.0 Å². The van der Waals surface area contributed by atoms with Crippen molar-refractivity contribution in [2.45, 2.75) is 64.0 Å². The minimum atomic E-state index is -0.681. The summed E-state index contributed by atoms with van der Waals surface area (Å²) in [5.41, 5.74) is 1.97. The Kier molecular flexibility index (Phi) is 9.61. The molecule has 0 radical (unpaired) electrons. The molecule has 0 unspecified atom stereocenters. The van der Waals surface area contributed by atoms with Crippen LogP contribution in [-0.4, -0.2) is 29.4 Å². The lowest BCUT2D eigenvalue weighted by Crippen LogP contribution is -2.54. The number of amides is 1. The summed E-state index contributed by atoms with van der Waals surface area (Å²) >= 11 is 12.5. The summed E-state index contributed by atoms with van der Waals surface area (Å²) in [5.74, 6) is -0.729. The molecule has 1 amide bonds. The fourth-order valence-electron chi connectivity index (χ4n) is 4.82. The number of carbonyl (C=O) groups excluding carboxylic acids is 2. The molecule has 1 heterocycles. The molecular formula is C28H33Cl2NO3. The average molecular weight is 502 g/mol. The van der Waals surface area contributed by atoms with Gasteiger partial charge in [-0.3, -0.25) is 4.79 Å². The summed E-state index contributed by atoms with van der Waals surface area (Å²) in [4.78, 5) is 28.8. The van der Waals surface area contributed by atoms with E-state index >= 15 is 0 Å². The summed E-state index contributed by atoms with van der Waals surface area (Å²) in [6.45, 7) is 8.19. The van der Waals surface area contributed by atoms with E-state index in [0.29, 0.717) is 35.9 Å². The van der Waals surface area contributed by atoms with Gasteiger partial charge < -0.3 is 9.64 Å². The van der Waals surface area contributed by atoms with E-state index in [-0.39, 0.29) is 29.8 Å². The highest BCUT2D eigenvalue weighted by molar-refractivity contribution is 6.30. The summed E-state index contributed by atoms with van der Waals surface area (Å²) < 4.78 is 5.60. The standard InChI is InChI=1S/C28H33Cl2NO3/c1-4-7-16-34-28(33)25(6-3)31-26(19-12-14-22(29)15-13-19)24(18-21(9-5-2)27(31)32)20-10-8-11-23(30)17-20/h5,8,10-15,17,21,24-26H,2,4,6-7,9,16,18H2,1,3H3/t21-,24-,25+,26-/m1/s1. The average Bonchev–Trinajstić information content (AvgIpc) is 2.82. The molecule has 0 aromatic heterocycles. The minimum Gasteiger partial charge on any atom is -0.464 e. The van der Waals surface area contributed by atoms with Gasteiger partial charge in [-0.05, 0) is 61.1 Å². The van der Waals surface area contributed by atoms with Crippen LogP contribution < -0.4 is 0 Å². The molecular weight excluding hydrogens is 469 g/mol. The van der Waals surface area contributed by atoms with Crippen molar-refractivity contribution in [2.75, 3.05) is 6.61 Å². The van der Waals surface area contributed by atoms with Crippen molar-refractivity contribution in [3.8, 4) is 0 Å². The number of benzene rings is 2. The number of carbonyl (C=O) groups is 2. The molecule has 0 N–H and O–H groups in total. The lowest BCUT2D eigenvalue weighted by atomic mass is 9.74. The quantitative estimate of drug-likeness (QED) is 0.194. The Morgan fingerprint density at radius 3 is 2.50 bits per heavy atom. The topological polar surface area (TPSA) is 46.6 Å². The maximum Gasteiger partial charge on any atom is 0.328 e. The van der Waals surface area contributed by atoms with Crippen molar-refractivity contribution < 1.29 is 14.3 Å². The largest absolute Gasteiger partial charge is 0.464 e. The first-order valence-electron chi connectivity index (χ1n) is 12.0. The summed E-state index contributed by atoms with van der Waals surface area (Å²) in [5, 5.41) is 1.26. The highest BCUT2D eigenvalue weighted by atomic mass is 35.5. The SMILES string of the molecule is C=CC[C@@H]1C[C@H](c2cccc(Cl)c2)[C@@H](c2ccc(Cl)cc2)N([C@@H](CC)C(=O)OCCCC)C1=O. The molecule has 1 fully saturated rings. The van der Waals surface area contributed by atoms with E-state index in [4.69, 9.17) is 27.9 Å². The zero-order valence-electron chi connectivity index (χ0n) is 19.9. The Hall–Kier alpha value is -2.30. The van der Waals surface area contributed by atoms with E-state index in [1.165, 1.54) is 0 Å². The van der Waals surface area contributed by atoms with Gasteiger partial charge in [0.05, 0.1) is 12.6 Å². The maximum atomic E-state index is 13.9. The van der Waals surface area contributed by atoms with Gasteiger partial charge in [0.2, 0.25) is 5.91 Å². The van der Waals surface area contributed by atoms with Gasteiger partial charge in [0.1, 0.15) is 6.04 Å². The third-order valence-corrected chi connectivity index (χ3v) is 6.99. The number of likely N-dealkylation sites (tertiary alicyclic amines) is 1. The molecule has 2 aromatic rings. The third kappa shape index (κ3) is 6.03. The van der Waals surface area contributed by atoms with Crippen molar-refractivity contribution in [1.82, 2.24) is 4.90 Å². The van der Waals surface area contributed by atoms with Crippen molar-refractivity contribution in [1.29, 1.82) is 0 Å². The van der Waals surface area contributed by atoms with Crippen LogP contribution in [0.1, 0.15) is 69.0 Å². The molecule has 1 saturated heterocycles. The normalized spacial score (nSPS) is 21.2. The van der Waals surface area contributed by atoms with Gasteiger partial charge in [0.15, 0.2) is 0 Å². The first-order valence-corrected chi connectivity index (χ1v) is 12.8. The van der Waals surface area contributed by atoms with Gasteiger partial charge in [-0.15, -0.1) is 6.58 Å². The zero-order valence-corrected chi connectivity index (χ0v) is 21.4. The van der Waals surface area contributed by atoms with Crippen LogP contribution in [0.3, 0.4) is 0 Å². The molecule has 34 heavy (non-hydrogen) atoms. The smallest absolute Gasteiger partial charge is 0.328 e. The molecule has 0 aliphatic carbocycles. The second kappa shape index (κ2) is 12.4. The van der Waals surface area contributed by atoms with Crippen molar-refractivity contribution in [3.63, 3.8) is 0 Å². The number of allylic oxidation sites excluding steroid dienone is 1. The highest BCUT2D eigenvalue weighted by Gasteiger charge is 2.47. The van der Waals surface area contributed by atoms with Crippen LogP contribution >= 0.6 is 23.2 Å². The fraction of sp³-hybridized carbons (Fsp3) is 0.429. The van der Waals surface area contributed by atoms with Crippen LogP contribution in [-0.2, 0) is 14.3 Å². The number of piperidine rings is 1. The lowest BCUT2D eigenvalue weighted by molar-refractivity contribution is -0.162. The second-order valence-electron chi connectivity index (χ2n) is 8.81. The van der Waals surface area contributed by atoms with E-state index in [1.54, 1.807) is 11.0 Å². The summed E-state index contributed by atoms with van der Waals surface area (Å²) in [6, 6.07) is 14.3. The van der Waals surface area contributed by atoms with Gasteiger partial charge >= 0.3 is 5.97 Å². The number of ether oxygens (including phenoxy) is 1. The number of hydrogen-bond donors (Lipinski definition) is 0. The molecule has 182 valence electrons. The van der Waals surface area contributed by atoms with E-state index < -0.39 is 6.04 Å². The number of esters is 1. The van der Waals surface area contributed by atoms with Crippen molar-refractivity contribution in [3.05, 3.63) is 82.4 Å². The third-order valence-electron chi connectivity index (χ3n) is 6.50. The molecule has 0 saturated carbocycles. The van der Waals surface area contributed by atoms with Crippen molar-refractivity contribution >= 4 is 35.1 Å². The molecule has 0 bridgehead atoms. The minimum absolute atomic E-state index is 0.0441. The Labute approximate surface area is 212 Å². The first-order chi connectivity index (χ1) is 16.4. The van der Waals surface area contributed by atoms with Crippen LogP contribution in [0, 0.1) is 5.92 Å². The molecule has 4 nitrogen and oxygen atoms in total. The van der Waals surface area contributed by atoms with Crippen LogP contribution in [0.2, 0.25) is 10.0 Å². The van der Waals surface area contributed by atoms with Crippen LogP contribution in [0.25, 0.3) is 0 Å². The van der Waals surface area contributed by atoms with Crippen LogP contribution in [0.5, 0.6) is 0 Å². The predicted molar refractivity (Wildman–Crippen MR) is 138 cm³/mol. The number of hydrogen-bond acceptors (Lipinski definition) is 3. The van der Waals surface area contributed by atoms with Gasteiger partial charge in [-0.25, -0.2) is 4.79 Å². The Bertz CT molecular complexity index is 991. The maximum absolute atomic E-state index is 13.9. The Morgan fingerprint density at radius 1 is 1.15 bits per heavy atom. The van der Waals surface area contributed by atoms with Gasteiger partial charge in [-0.2, -0.15) is 0 Å². The zero-order chi connectivity index (χ0) is 24.7. The van der Waals surface area contributed by atoms with Crippen LogP contribution in [0.15, 0.2) is 61.2 Å². The second-order valence-corrected chi connectivity index (χ2v) is 9.68. The number of rotatable bonds is 10. The van der Waals surface area contributed by atoms with Gasteiger partial charge in [0, 0.05) is 21.9 Å². The number of halogens is 2. The van der Waals surface area contributed by atoms with Gasteiger partial charge in [0.25, 0.3) is 0 Å². The molecule has 6 heteroatoms. The van der Waals surface area contributed by atoms with E-state index in [2.05, 4.69) is 6.58 Å². The monoisotopic (exact) mass is 501 g/mol. The highest BCUT2D eigenvalue weighted by Crippen LogP contribution is 2.47. The van der Waals surface area contributed by atoms with Crippen molar-refractivity contribution in [2.24, 2.45) is 5.92 Å². The van der Waals surface area contributed by atoms with Crippen LogP contribution in [0.4, 0.5) is 0 Å². The molecule has 4 atom stereocenters. The fourth-order valence-corrected chi connectivity index (χ4v) is 5.15. The summed E-state index contributed by atoms with van der Waals surface area (Å²) in [7, 11) is 0. The number of unbranched alkanes of at least 4 members (excludes halogenated alkanes) is 1. The molecule has 3 rings (SSSR count). The molecule has 1 aliphatic rings. The van der Waals surface area contributed by atoms with E-state index in [9.17, 15) is 9.59 Å². The molecule has 0 spiro atoms. The lowest BCUT2D eigenvalue weighted by Gasteiger charge is -2.47.